The molecule has 1 aromatic rings. The quantitative estimate of drug-likeness (QED) is 0.890. The van der Waals surface area contributed by atoms with Crippen molar-refractivity contribution >= 4 is 15.9 Å². The third-order valence-electron chi connectivity index (χ3n) is 2.74. The van der Waals surface area contributed by atoms with Crippen molar-refractivity contribution < 1.29 is 0 Å². The Labute approximate surface area is 101 Å². The van der Waals surface area contributed by atoms with E-state index in [1.807, 2.05) is 0 Å². The molecule has 0 spiro atoms. The van der Waals surface area contributed by atoms with Gasteiger partial charge in [-0.3, -0.25) is 0 Å². The van der Waals surface area contributed by atoms with Gasteiger partial charge in [-0.25, -0.2) is 0 Å². The predicted molar refractivity (Wildman–Crippen MR) is 69.0 cm³/mol. The van der Waals surface area contributed by atoms with Crippen LogP contribution in [0.5, 0.6) is 0 Å². The molecule has 0 fully saturated rings. The van der Waals surface area contributed by atoms with Crippen molar-refractivity contribution in [1.29, 1.82) is 0 Å². The maximum absolute atomic E-state index is 5.62. The van der Waals surface area contributed by atoms with E-state index in [4.69, 9.17) is 5.73 Å². The van der Waals surface area contributed by atoms with Crippen LogP contribution in [0.1, 0.15) is 12.5 Å². The Morgan fingerprint density at radius 2 is 2.20 bits per heavy atom. The number of benzene rings is 1. The van der Waals surface area contributed by atoms with Crippen molar-refractivity contribution in [3.63, 3.8) is 0 Å². The molecular formula is C12H19BrN2. The van der Waals surface area contributed by atoms with Crippen LogP contribution < -0.4 is 5.73 Å². The fourth-order valence-corrected chi connectivity index (χ4v) is 1.84. The number of nitrogens with zero attached hydrogens (tertiary/aromatic N) is 1. The molecule has 0 amide bonds. The highest BCUT2D eigenvalue weighted by Crippen LogP contribution is 2.12. The Balaban J connectivity index is 2.43. The van der Waals surface area contributed by atoms with E-state index in [2.05, 4.69) is 59.1 Å². The molecule has 15 heavy (non-hydrogen) atoms. The summed E-state index contributed by atoms with van der Waals surface area (Å²) in [7, 11) is 2.12. The zero-order valence-corrected chi connectivity index (χ0v) is 11.0. The number of hydrogen-bond donors (Lipinski definition) is 1. The third-order valence-corrected chi connectivity index (χ3v) is 3.23. The molecule has 0 saturated heterocycles. The van der Waals surface area contributed by atoms with Gasteiger partial charge in [0.2, 0.25) is 0 Å². The molecule has 1 atom stereocenters. The maximum atomic E-state index is 5.62. The fraction of sp³-hybridized carbons (Fsp3) is 0.500. The number of halogens is 1. The molecular weight excluding hydrogens is 252 g/mol. The van der Waals surface area contributed by atoms with Crippen LogP contribution in [0.3, 0.4) is 0 Å². The molecule has 0 heterocycles. The molecule has 0 saturated carbocycles. The second-order valence-corrected chi connectivity index (χ2v) is 4.86. The van der Waals surface area contributed by atoms with E-state index in [1.54, 1.807) is 0 Å². The van der Waals surface area contributed by atoms with Crippen LogP contribution in [-0.2, 0) is 6.42 Å². The first-order valence-electron chi connectivity index (χ1n) is 5.28. The van der Waals surface area contributed by atoms with E-state index in [9.17, 15) is 0 Å². The van der Waals surface area contributed by atoms with Crippen molar-refractivity contribution in [1.82, 2.24) is 4.90 Å². The molecule has 0 radical (unpaired) electrons. The summed E-state index contributed by atoms with van der Waals surface area (Å²) in [5.41, 5.74) is 6.98. The minimum atomic E-state index is 0.456. The molecule has 84 valence electrons. The first kappa shape index (κ1) is 12.7. The van der Waals surface area contributed by atoms with Gasteiger partial charge in [-0.15, -0.1) is 0 Å². The Morgan fingerprint density at radius 1 is 1.47 bits per heavy atom. The summed E-state index contributed by atoms with van der Waals surface area (Å²) >= 11 is 3.48. The summed E-state index contributed by atoms with van der Waals surface area (Å²) in [6, 6.07) is 8.91. The van der Waals surface area contributed by atoms with Gasteiger partial charge in [0, 0.05) is 23.6 Å². The van der Waals surface area contributed by atoms with Crippen LogP contribution in [-0.4, -0.2) is 31.1 Å². The van der Waals surface area contributed by atoms with Gasteiger partial charge >= 0.3 is 0 Å². The molecule has 0 aliphatic carbocycles. The van der Waals surface area contributed by atoms with Gasteiger partial charge < -0.3 is 10.6 Å². The third kappa shape index (κ3) is 4.33. The van der Waals surface area contributed by atoms with Crippen LogP contribution in [0.4, 0.5) is 0 Å². The second kappa shape index (κ2) is 6.26. The first-order valence-corrected chi connectivity index (χ1v) is 6.07. The van der Waals surface area contributed by atoms with Crippen molar-refractivity contribution in [2.75, 3.05) is 20.1 Å². The van der Waals surface area contributed by atoms with Crippen LogP contribution in [0.2, 0.25) is 0 Å². The molecule has 1 unspecified atom stereocenters. The Kier molecular flexibility index (Phi) is 5.29. The molecule has 0 aliphatic rings. The lowest BCUT2D eigenvalue weighted by Crippen LogP contribution is -2.36. The van der Waals surface area contributed by atoms with E-state index in [-0.39, 0.29) is 0 Å². The highest BCUT2D eigenvalue weighted by molar-refractivity contribution is 9.10. The monoisotopic (exact) mass is 270 g/mol. The molecule has 1 rings (SSSR count). The zero-order valence-electron chi connectivity index (χ0n) is 9.41. The zero-order chi connectivity index (χ0) is 11.3. The van der Waals surface area contributed by atoms with Gasteiger partial charge in [-0.1, -0.05) is 28.1 Å². The lowest BCUT2D eigenvalue weighted by Gasteiger charge is -2.23. The molecule has 0 aromatic heterocycles. The smallest absolute Gasteiger partial charge is 0.0187 e. The van der Waals surface area contributed by atoms with Crippen molar-refractivity contribution in [3.05, 3.63) is 34.3 Å². The van der Waals surface area contributed by atoms with E-state index < -0.39 is 0 Å². The van der Waals surface area contributed by atoms with Gasteiger partial charge in [-0.05, 0) is 38.1 Å². The molecule has 0 bridgehead atoms. The average Bonchev–Trinajstić information content (AvgIpc) is 2.25. The first-order chi connectivity index (χ1) is 7.13. The van der Waals surface area contributed by atoms with Gasteiger partial charge in [-0.2, -0.15) is 0 Å². The van der Waals surface area contributed by atoms with Crippen molar-refractivity contribution in [2.24, 2.45) is 5.73 Å². The minimum Gasteiger partial charge on any atom is -0.329 e. The number of hydrogen-bond acceptors (Lipinski definition) is 2. The highest BCUT2D eigenvalue weighted by Gasteiger charge is 2.06. The normalized spacial score (nSPS) is 13.1. The van der Waals surface area contributed by atoms with E-state index in [0.29, 0.717) is 6.04 Å². The molecule has 2 nitrogen and oxygen atoms in total. The number of nitrogens with two attached hydrogens (primary N) is 1. The number of likely N-dealkylation sites (N-methyl/N-ethyl adjacent to an activating group) is 1. The fourth-order valence-electron chi connectivity index (χ4n) is 1.40. The Hall–Kier alpha value is -0.380. The van der Waals surface area contributed by atoms with Gasteiger partial charge in [0.05, 0.1) is 0 Å². The Morgan fingerprint density at radius 3 is 2.80 bits per heavy atom. The molecule has 0 aliphatic heterocycles. The van der Waals surface area contributed by atoms with Crippen LogP contribution in [0.25, 0.3) is 0 Å². The average molecular weight is 271 g/mol. The van der Waals surface area contributed by atoms with Crippen LogP contribution >= 0.6 is 15.9 Å². The lowest BCUT2D eigenvalue weighted by atomic mass is 10.1. The van der Waals surface area contributed by atoms with Crippen LogP contribution in [0, 0.1) is 0 Å². The number of rotatable bonds is 5. The van der Waals surface area contributed by atoms with Gasteiger partial charge in [0.25, 0.3) is 0 Å². The molecule has 3 heteroatoms. The van der Waals surface area contributed by atoms with E-state index >= 15 is 0 Å². The van der Waals surface area contributed by atoms with Crippen molar-refractivity contribution in [2.45, 2.75) is 19.4 Å². The highest BCUT2D eigenvalue weighted by atomic mass is 79.9. The Bertz CT molecular complexity index is 301. The summed E-state index contributed by atoms with van der Waals surface area (Å²) < 4.78 is 1.15. The maximum Gasteiger partial charge on any atom is 0.0187 e. The lowest BCUT2D eigenvalue weighted by molar-refractivity contribution is 0.266. The van der Waals surface area contributed by atoms with E-state index in [0.717, 1.165) is 24.0 Å². The van der Waals surface area contributed by atoms with Crippen LogP contribution in [0.15, 0.2) is 28.7 Å². The predicted octanol–water partition coefficient (Wildman–Crippen LogP) is 2.27. The van der Waals surface area contributed by atoms with Gasteiger partial charge in [0.15, 0.2) is 0 Å². The summed E-state index contributed by atoms with van der Waals surface area (Å²) in [6.45, 7) is 3.92. The largest absolute Gasteiger partial charge is 0.329 e. The standard InChI is InChI=1S/C12H19BrN2/c1-10(9-14)15(2)7-6-11-4-3-5-12(13)8-11/h3-5,8,10H,6-7,9,14H2,1-2H3. The van der Waals surface area contributed by atoms with Crippen molar-refractivity contribution in [3.8, 4) is 0 Å². The summed E-state index contributed by atoms with van der Waals surface area (Å²) in [6.07, 6.45) is 1.07. The van der Waals surface area contributed by atoms with Gasteiger partial charge in [0.1, 0.15) is 0 Å². The summed E-state index contributed by atoms with van der Waals surface area (Å²) in [5.74, 6) is 0. The summed E-state index contributed by atoms with van der Waals surface area (Å²) in [4.78, 5) is 2.29. The molecule has 2 N–H and O–H groups in total. The topological polar surface area (TPSA) is 29.3 Å². The van der Waals surface area contributed by atoms with E-state index in [1.165, 1.54) is 5.56 Å². The summed E-state index contributed by atoms with van der Waals surface area (Å²) in [5, 5.41) is 0. The molecule has 1 aromatic carbocycles. The second-order valence-electron chi connectivity index (χ2n) is 3.95. The minimum absolute atomic E-state index is 0.456. The SMILES string of the molecule is CC(CN)N(C)CCc1cccc(Br)c1.